The Hall–Kier alpha value is -0.156. The third kappa shape index (κ3) is 8.20. The third-order valence-corrected chi connectivity index (χ3v) is 7.95. The molecule has 0 aromatic heterocycles. The number of halogens is 4. The van der Waals surface area contributed by atoms with Crippen molar-refractivity contribution in [3.05, 3.63) is 12.1 Å². The molecule has 0 N–H and O–H groups in total. The van der Waals surface area contributed by atoms with E-state index in [1.165, 1.54) is 0 Å². The van der Waals surface area contributed by atoms with Gasteiger partial charge in [0.05, 0.1) is 0 Å². The molecule has 0 fully saturated rings. The lowest BCUT2D eigenvalue weighted by atomic mass is 10.6. The van der Waals surface area contributed by atoms with E-state index in [1.807, 2.05) is 0 Å². The number of rotatable bonds is 6. The zero-order chi connectivity index (χ0) is 16.4. The molecule has 0 aromatic carbocycles. The fourth-order valence-corrected chi connectivity index (χ4v) is 7.51. The summed E-state index contributed by atoms with van der Waals surface area (Å²) in [5.41, 5.74) is 0. The van der Waals surface area contributed by atoms with Crippen LogP contribution in [-0.2, 0) is 17.5 Å². The Morgan fingerprint density at radius 3 is 1.55 bits per heavy atom. The van der Waals surface area contributed by atoms with Gasteiger partial charge in [0.2, 0.25) is 5.76 Å². The lowest BCUT2D eigenvalue weighted by Crippen LogP contribution is -2.31. The Bertz CT molecular complexity index is 392. The molecule has 20 heavy (non-hydrogen) atoms. The molecule has 0 aromatic rings. The van der Waals surface area contributed by atoms with Crippen molar-refractivity contribution in [1.82, 2.24) is 0 Å². The van der Waals surface area contributed by atoms with Crippen LogP contribution in [0.1, 0.15) is 0 Å². The molecule has 0 aliphatic rings. The van der Waals surface area contributed by atoms with Crippen molar-refractivity contribution in [3.63, 3.8) is 0 Å². The minimum absolute atomic E-state index is 0.798. The van der Waals surface area contributed by atoms with E-state index in [9.17, 15) is 22.1 Å². The van der Waals surface area contributed by atoms with E-state index in [-0.39, 0.29) is 0 Å². The molecule has 0 aliphatic heterocycles. The van der Waals surface area contributed by atoms with Gasteiger partial charge in [0.1, 0.15) is 6.33 Å². The second-order valence-corrected chi connectivity index (χ2v) is 16.9. The van der Waals surface area contributed by atoms with Crippen LogP contribution in [0, 0.1) is 0 Å². The highest BCUT2D eigenvalue weighted by molar-refractivity contribution is 7.52. The lowest BCUT2D eigenvalue weighted by molar-refractivity contribution is -0.120. The summed E-state index contributed by atoms with van der Waals surface area (Å²) in [5, 5.41) is 0. The molecule has 0 amide bonds. The minimum Gasteiger partial charge on any atom is -0.397 e. The van der Waals surface area contributed by atoms with Gasteiger partial charge in [0, 0.05) is 0 Å². The van der Waals surface area contributed by atoms with Gasteiger partial charge in [-0.3, -0.25) is 0 Å². The molecule has 0 heterocycles. The van der Waals surface area contributed by atoms with Crippen LogP contribution >= 0.6 is 7.82 Å². The summed E-state index contributed by atoms with van der Waals surface area (Å²) >= 11 is 0. The van der Waals surface area contributed by atoms with Gasteiger partial charge in [-0.1, -0.05) is 0 Å². The molecule has 0 saturated carbocycles. The highest BCUT2D eigenvalue weighted by atomic mass is 31.2. The van der Waals surface area contributed by atoms with Crippen LogP contribution in [0.5, 0.6) is 0 Å². The molecule has 0 rings (SSSR count). The number of allylic oxidation sites excluding steroid dienone is 1. The lowest BCUT2D eigenvalue weighted by Gasteiger charge is -2.30. The van der Waals surface area contributed by atoms with Crippen LogP contribution in [0.15, 0.2) is 12.1 Å². The molecule has 120 valence electrons. The van der Waals surface area contributed by atoms with E-state index < -0.39 is 42.7 Å². The highest BCUT2D eigenvalue weighted by Gasteiger charge is 2.46. The van der Waals surface area contributed by atoms with Crippen LogP contribution in [0.25, 0.3) is 0 Å². The van der Waals surface area contributed by atoms with Crippen molar-refractivity contribution in [1.29, 1.82) is 0 Å². The summed E-state index contributed by atoms with van der Waals surface area (Å²) < 4.78 is 76.6. The quantitative estimate of drug-likeness (QED) is 0.285. The maximum absolute atomic E-state index is 12.5. The standard InChI is InChI=1S/C9H19F4O4PSi2/c1-19(2,3)16-18(14,17-20(4,5)6)15-8(7-10)9(11,12)13/h7H,1-6H3/b8-7-. The predicted octanol–water partition coefficient (Wildman–Crippen LogP) is 5.19. The number of hydrogen-bond acceptors (Lipinski definition) is 4. The zero-order valence-electron chi connectivity index (χ0n) is 12.2. The second kappa shape index (κ2) is 6.31. The van der Waals surface area contributed by atoms with Crippen LogP contribution in [0.4, 0.5) is 17.6 Å². The normalized spacial score (nSPS) is 15.4. The zero-order valence-corrected chi connectivity index (χ0v) is 15.1. The Kier molecular flexibility index (Phi) is 6.26. The average molecular weight is 354 g/mol. The van der Waals surface area contributed by atoms with Crippen molar-refractivity contribution in [2.75, 3.05) is 0 Å². The molecule has 0 bridgehead atoms. The van der Waals surface area contributed by atoms with E-state index in [1.54, 1.807) is 39.3 Å². The second-order valence-electron chi connectivity index (χ2n) is 5.92. The molecular weight excluding hydrogens is 335 g/mol. The SMILES string of the molecule is C[Si](C)(C)OP(=O)(O/C(=C\F)C(F)(F)F)O[Si](C)(C)C. The van der Waals surface area contributed by atoms with Gasteiger partial charge in [-0.15, -0.1) is 0 Å². The van der Waals surface area contributed by atoms with E-state index >= 15 is 0 Å². The molecule has 0 unspecified atom stereocenters. The van der Waals surface area contributed by atoms with E-state index in [2.05, 4.69) is 4.52 Å². The van der Waals surface area contributed by atoms with Gasteiger partial charge < -0.3 is 12.9 Å². The maximum Gasteiger partial charge on any atom is 0.510 e. The Balaban J connectivity index is 5.40. The van der Waals surface area contributed by atoms with Gasteiger partial charge in [-0.2, -0.15) is 13.2 Å². The topological polar surface area (TPSA) is 44.8 Å². The van der Waals surface area contributed by atoms with Crippen molar-refractivity contribution in [2.24, 2.45) is 0 Å². The number of phosphoric acid groups is 1. The highest BCUT2D eigenvalue weighted by Crippen LogP contribution is 2.57. The fraction of sp³-hybridized carbons (Fsp3) is 0.778. The van der Waals surface area contributed by atoms with Crippen molar-refractivity contribution in [2.45, 2.75) is 45.5 Å². The smallest absolute Gasteiger partial charge is 0.397 e. The first-order chi connectivity index (χ1) is 8.58. The summed E-state index contributed by atoms with van der Waals surface area (Å²) in [7, 11) is -9.61. The van der Waals surface area contributed by atoms with Crippen LogP contribution < -0.4 is 0 Å². The van der Waals surface area contributed by atoms with E-state index in [0.29, 0.717) is 0 Å². The summed E-state index contributed by atoms with van der Waals surface area (Å²) in [6.07, 6.45) is -5.91. The van der Waals surface area contributed by atoms with E-state index in [0.717, 1.165) is 0 Å². The fourth-order valence-electron chi connectivity index (χ4n) is 0.981. The van der Waals surface area contributed by atoms with Gasteiger partial charge in [-0.05, 0) is 39.3 Å². The molecule has 0 spiro atoms. The van der Waals surface area contributed by atoms with Crippen molar-refractivity contribution < 1.29 is 35.1 Å². The van der Waals surface area contributed by atoms with Crippen LogP contribution in [0.3, 0.4) is 0 Å². The molecule has 11 heteroatoms. The average Bonchev–Trinajstić information content (AvgIpc) is 2.05. The van der Waals surface area contributed by atoms with Gasteiger partial charge in [-0.25, -0.2) is 8.96 Å². The Morgan fingerprint density at radius 2 is 1.35 bits per heavy atom. The molecule has 0 radical (unpaired) electrons. The summed E-state index contributed by atoms with van der Waals surface area (Å²) in [6, 6.07) is 0. The Labute approximate surface area is 118 Å². The summed E-state index contributed by atoms with van der Waals surface area (Å²) in [6.45, 7) is 9.60. The first kappa shape index (κ1) is 19.8. The first-order valence-corrected chi connectivity index (χ1v) is 13.9. The van der Waals surface area contributed by atoms with Gasteiger partial charge in [0.25, 0.3) is 0 Å². The molecular formula is C9H19F4O4PSi2. The maximum atomic E-state index is 12.5. The van der Waals surface area contributed by atoms with Crippen molar-refractivity contribution in [3.8, 4) is 0 Å². The van der Waals surface area contributed by atoms with E-state index in [4.69, 9.17) is 8.43 Å². The van der Waals surface area contributed by atoms with Gasteiger partial charge in [0.15, 0.2) is 16.6 Å². The molecule has 4 nitrogen and oxygen atoms in total. The molecule has 0 saturated heterocycles. The Morgan fingerprint density at radius 1 is 1.00 bits per heavy atom. The largest absolute Gasteiger partial charge is 0.510 e. The molecule has 0 atom stereocenters. The van der Waals surface area contributed by atoms with Crippen LogP contribution in [0.2, 0.25) is 39.3 Å². The number of hydrogen-bond donors (Lipinski definition) is 0. The predicted molar refractivity (Wildman–Crippen MR) is 72.8 cm³/mol. The number of alkyl halides is 3. The third-order valence-electron chi connectivity index (χ3n) is 1.36. The first-order valence-electron chi connectivity index (χ1n) is 5.67. The minimum atomic E-state index is -5.12. The van der Waals surface area contributed by atoms with Crippen LogP contribution in [-0.4, -0.2) is 22.8 Å². The van der Waals surface area contributed by atoms with Crippen molar-refractivity contribution >= 4 is 24.5 Å². The molecule has 0 aliphatic carbocycles. The monoisotopic (exact) mass is 354 g/mol. The summed E-state index contributed by atoms with van der Waals surface area (Å²) in [5.74, 6) is -2.03. The summed E-state index contributed by atoms with van der Waals surface area (Å²) in [4.78, 5) is 0. The van der Waals surface area contributed by atoms with Gasteiger partial charge >= 0.3 is 14.0 Å².